The van der Waals surface area contributed by atoms with Gasteiger partial charge in [0.1, 0.15) is 17.9 Å². The monoisotopic (exact) mass is 193 g/mol. The van der Waals surface area contributed by atoms with Crippen molar-refractivity contribution in [2.24, 2.45) is 18.4 Å². The predicted molar refractivity (Wildman–Crippen MR) is 51.6 cm³/mol. The van der Waals surface area contributed by atoms with Crippen molar-refractivity contribution < 1.29 is 4.79 Å². The second-order valence-corrected chi connectivity index (χ2v) is 4.69. The average molecular weight is 193 g/mol. The minimum atomic E-state index is 0.218. The molecule has 1 unspecified atom stereocenters. The highest BCUT2D eigenvalue weighted by molar-refractivity contribution is 5.85. The van der Waals surface area contributed by atoms with Gasteiger partial charge in [-0.05, 0) is 11.8 Å². The molecule has 2 rings (SSSR count). The minimum absolute atomic E-state index is 0.218. The Bertz CT molecular complexity index is 367. The lowest BCUT2D eigenvalue weighted by molar-refractivity contribution is -0.120. The van der Waals surface area contributed by atoms with E-state index < -0.39 is 0 Å². The SMILES string of the molecule is Cn1ncnc1CC(=O)C1CC1(C)C. The molecule has 1 atom stereocenters. The zero-order chi connectivity index (χ0) is 10.3. The second-order valence-electron chi connectivity index (χ2n) is 4.69. The molecule has 1 aliphatic rings. The topological polar surface area (TPSA) is 47.8 Å². The largest absolute Gasteiger partial charge is 0.299 e. The van der Waals surface area contributed by atoms with Crippen molar-refractivity contribution in [3.05, 3.63) is 12.2 Å². The highest BCUT2D eigenvalue weighted by atomic mass is 16.1. The Balaban J connectivity index is 2.00. The molecule has 4 nitrogen and oxygen atoms in total. The molecule has 1 heterocycles. The number of carbonyl (C=O) groups excluding carboxylic acids is 1. The number of carbonyl (C=O) groups is 1. The van der Waals surface area contributed by atoms with Gasteiger partial charge in [0.2, 0.25) is 0 Å². The van der Waals surface area contributed by atoms with Gasteiger partial charge in [-0.1, -0.05) is 13.8 Å². The summed E-state index contributed by atoms with van der Waals surface area (Å²) in [5, 5.41) is 3.94. The molecule has 0 spiro atoms. The Morgan fingerprint density at radius 3 is 2.79 bits per heavy atom. The lowest BCUT2D eigenvalue weighted by Gasteiger charge is -2.02. The van der Waals surface area contributed by atoms with Gasteiger partial charge in [0.05, 0.1) is 6.42 Å². The fourth-order valence-corrected chi connectivity index (χ4v) is 1.78. The van der Waals surface area contributed by atoms with Crippen LogP contribution in [0, 0.1) is 11.3 Å². The molecule has 1 aromatic heterocycles. The van der Waals surface area contributed by atoms with Crippen molar-refractivity contribution >= 4 is 5.78 Å². The fraction of sp³-hybridized carbons (Fsp3) is 0.700. The Labute approximate surface area is 83.3 Å². The number of aryl methyl sites for hydroxylation is 1. The van der Waals surface area contributed by atoms with Crippen LogP contribution in [0.1, 0.15) is 26.1 Å². The lowest BCUT2D eigenvalue weighted by atomic mass is 10.1. The van der Waals surface area contributed by atoms with Crippen LogP contribution in [0.3, 0.4) is 0 Å². The average Bonchev–Trinajstić information content (AvgIpc) is 2.54. The first-order valence-corrected chi connectivity index (χ1v) is 4.86. The fourth-order valence-electron chi connectivity index (χ4n) is 1.78. The maximum atomic E-state index is 11.8. The van der Waals surface area contributed by atoms with E-state index in [0.29, 0.717) is 12.2 Å². The van der Waals surface area contributed by atoms with Gasteiger partial charge in [-0.3, -0.25) is 9.48 Å². The molecule has 1 aliphatic carbocycles. The molecule has 0 radical (unpaired) electrons. The lowest BCUT2D eigenvalue weighted by Crippen LogP contribution is -2.12. The molecule has 1 fully saturated rings. The van der Waals surface area contributed by atoms with Gasteiger partial charge in [0.25, 0.3) is 0 Å². The smallest absolute Gasteiger partial charge is 0.144 e. The van der Waals surface area contributed by atoms with E-state index >= 15 is 0 Å². The molecule has 1 aromatic rings. The van der Waals surface area contributed by atoms with E-state index in [2.05, 4.69) is 23.9 Å². The van der Waals surface area contributed by atoms with E-state index in [1.165, 1.54) is 6.33 Å². The second kappa shape index (κ2) is 2.90. The summed E-state index contributed by atoms with van der Waals surface area (Å²) >= 11 is 0. The van der Waals surface area contributed by atoms with Crippen LogP contribution in [0.4, 0.5) is 0 Å². The van der Waals surface area contributed by atoms with Gasteiger partial charge in [-0.15, -0.1) is 0 Å². The number of ketones is 1. The summed E-state index contributed by atoms with van der Waals surface area (Å²) < 4.78 is 1.66. The number of rotatable bonds is 3. The van der Waals surface area contributed by atoms with Crippen LogP contribution >= 0.6 is 0 Å². The summed E-state index contributed by atoms with van der Waals surface area (Å²) in [4.78, 5) is 15.8. The van der Waals surface area contributed by atoms with Crippen LogP contribution in [0.25, 0.3) is 0 Å². The van der Waals surface area contributed by atoms with Crippen molar-refractivity contribution in [3.8, 4) is 0 Å². The van der Waals surface area contributed by atoms with Gasteiger partial charge in [-0.25, -0.2) is 4.98 Å². The van der Waals surface area contributed by atoms with Gasteiger partial charge >= 0.3 is 0 Å². The zero-order valence-electron chi connectivity index (χ0n) is 8.82. The number of aromatic nitrogens is 3. The van der Waals surface area contributed by atoms with Crippen LogP contribution in [-0.4, -0.2) is 20.5 Å². The maximum Gasteiger partial charge on any atom is 0.144 e. The minimum Gasteiger partial charge on any atom is -0.299 e. The molecule has 76 valence electrons. The number of nitrogens with zero attached hydrogens (tertiary/aromatic N) is 3. The zero-order valence-corrected chi connectivity index (χ0v) is 8.82. The van der Waals surface area contributed by atoms with Crippen molar-refractivity contribution in [1.29, 1.82) is 0 Å². The van der Waals surface area contributed by atoms with Gasteiger partial charge in [-0.2, -0.15) is 5.10 Å². The first-order chi connectivity index (χ1) is 6.50. The number of Topliss-reactive ketones (excluding diaryl/α,β-unsaturated/α-hetero) is 1. The summed E-state index contributed by atoms with van der Waals surface area (Å²) in [6, 6.07) is 0. The van der Waals surface area contributed by atoms with Crippen LogP contribution < -0.4 is 0 Å². The molecule has 0 aliphatic heterocycles. The summed E-state index contributed by atoms with van der Waals surface area (Å²) in [5.41, 5.74) is 0.218. The third kappa shape index (κ3) is 1.56. The van der Waals surface area contributed by atoms with Gasteiger partial charge in [0.15, 0.2) is 0 Å². The van der Waals surface area contributed by atoms with E-state index in [-0.39, 0.29) is 11.3 Å². The highest BCUT2D eigenvalue weighted by Crippen LogP contribution is 2.52. The Morgan fingerprint density at radius 2 is 2.36 bits per heavy atom. The molecule has 0 amide bonds. The first-order valence-electron chi connectivity index (χ1n) is 4.86. The normalized spacial score (nSPS) is 23.5. The number of hydrogen-bond donors (Lipinski definition) is 0. The first kappa shape index (κ1) is 9.37. The molecular weight excluding hydrogens is 178 g/mol. The van der Waals surface area contributed by atoms with Crippen molar-refractivity contribution in [1.82, 2.24) is 14.8 Å². The highest BCUT2D eigenvalue weighted by Gasteiger charge is 2.50. The Kier molecular flexibility index (Phi) is 1.94. The summed E-state index contributed by atoms with van der Waals surface area (Å²) in [6.07, 6.45) is 2.93. The third-order valence-corrected chi connectivity index (χ3v) is 3.04. The van der Waals surface area contributed by atoms with E-state index in [1.807, 2.05) is 7.05 Å². The van der Waals surface area contributed by atoms with Crippen LogP contribution in [0.15, 0.2) is 6.33 Å². The Morgan fingerprint density at radius 1 is 1.71 bits per heavy atom. The summed E-state index contributed by atoms with van der Waals surface area (Å²) in [6.45, 7) is 4.26. The molecule has 0 aromatic carbocycles. The summed E-state index contributed by atoms with van der Waals surface area (Å²) in [5.74, 6) is 1.29. The van der Waals surface area contributed by atoms with Crippen LogP contribution in [-0.2, 0) is 18.3 Å². The number of hydrogen-bond acceptors (Lipinski definition) is 3. The Hall–Kier alpha value is -1.19. The van der Waals surface area contributed by atoms with Crippen LogP contribution in [0.2, 0.25) is 0 Å². The van der Waals surface area contributed by atoms with Gasteiger partial charge < -0.3 is 0 Å². The standard InChI is InChI=1S/C10H15N3O/c1-10(2)5-7(10)8(14)4-9-11-6-12-13(9)3/h6-7H,4-5H2,1-3H3. The summed E-state index contributed by atoms with van der Waals surface area (Å²) in [7, 11) is 1.81. The van der Waals surface area contributed by atoms with Crippen LogP contribution in [0.5, 0.6) is 0 Å². The van der Waals surface area contributed by atoms with Crippen molar-refractivity contribution in [2.75, 3.05) is 0 Å². The maximum absolute atomic E-state index is 11.8. The van der Waals surface area contributed by atoms with Gasteiger partial charge in [0, 0.05) is 13.0 Å². The van der Waals surface area contributed by atoms with E-state index in [1.54, 1.807) is 4.68 Å². The molecule has 4 heteroatoms. The van der Waals surface area contributed by atoms with E-state index in [4.69, 9.17) is 0 Å². The molecule has 1 saturated carbocycles. The van der Waals surface area contributed by atoms with Crippen molar-refractivity contribution in [2.45, 2.75) is 26.7 Å². The van der Waals surface area contributed by atoms with Crippen molar-refractivity contribution in [3.63, 3.8) is 0 Å². The predicted octanol–water partition coefficient (Wildman–Crippen LogP) is 0.973. The molecule has 0 saturated heterocycles. The molecule has 0 N–H and O–H groups in total. The third-order valence-electron chi connectivity index (χ3n) is 3.04. The molecule has 14 heavy (non-hydrogen) atoms. The quantitative estimate of drug-likeness (QED) is 0.718. The van der Waals surface area contributed by atoms with E-state index in [0.717, 1.165) is 12.2 Å². The molecular formula is C10H15N3O. The molecule has 0 bridgehead atoms. The van der Waals surface area contributed by atoms with E-state index in [9.17, 15) is 4.79 Å².